The molecule has 0 spiro atoms. The molecule has 0 heterocycles. The number of hydrogen-bond donors (Lipinski definition) is 2. The maximum Gasteiger partial charge on any atom is 0.387 e. The van der Waals surface area contributed by atoms with Crippen LogP contribution in [0.15, 0.2) is 47.5 Å². The molecule has 0 amide bonds. The Hall–Kier alpha value is -2.87. The average Bonchev–Trinajstić information content (AvgIpc) is 2.71. The molecule has 0 atom stereocenters. The van der Waals surface area contributed by atoms with E-state index in [9.17, 15) is 8.78 Å². The van der Waals surface area contributed by atoms with Crippen LogP contribution in [0.4, 0.5) is 8.78 Å². The second-order valence-corrected chi connectivity index (χ2v) is 6.08. The fraction of sp³-hybridized carbons (Fsp3) is 0.381. The highest BCUT2D eigenvalue weighted by atomic mass is 19.3. The monoisotopic (exact) mass is 407 g/mol. The smallest absolute Gasteiger partial charge is 0.387 e. The van der Waals surface area contributed by atoms with Gasteiger partial charge in [-0.2, -0.15) is 8.78 Å². The molecule has 6 nitrogen and oxygen atoms in total. The van der Waals surface area contributed by atoms with Crippen LogP contribution in [0.1, 0.15) is 23.6 Å². The quantitative estimate of drug-likeness (QED) is 0.465. The highest BCUT2D eigenvalue weighted by Gasteiger charge is 2.16. The summed E-state index contributed by atoms with van der Waals surface area (Å²) in [6.45, 7) is 0.574. The summed E-state index contributed by atoms with van der Waals surface area (Å²) in [5.41, 5.74) is 2.72. The maximum atomic E-state index is 12.8. The minimum absolute atomic E-state index is 0.0287. The van der Waals surface area contributed by atoms with Gasteiger partial charge in [-0.1, -0.05) is 36.4 Å². The summed E-state index contributed by atoms with van der Waals surface area (Å²) >= 11 is 0. The molecule has 0 fully saturated rings. The van der Waals surface area contributed by atoms with Gasteiger partial charge in [0.15, 0.2) is 17.5 Å². The first kappa shape index (κ1) is 22.4. The van der Waals surface area contributed by atoms with E-state index >= 15 is 0 Å². The number of para-hydroxylation sites is 1. The molecular formula is C21H27F2N3O3. The minimum atomic E-state index is -2.94. The van der Waals surface area contributed by atoms with Crippen LogP contribution in [-0.4, -0.2) is 33.3 Å². The lowest BCUT2D eigenvalue weighted by molar-refractivity contribution is -0.0520. The third kappa shape index (κ3) is 7.23. The van der Waals surface area contributed by atoms with Gasteiger partial charge in [0.05, 0.1) is 13.2 Å². The number of ether oxygens (including phenoxy) is 3. The number of aliphatic imine (C=N–C) groups is 1. The highest BCUT2D eigenvalue weighted by Crippen LogP contribution is 2.32. The normalized spacial score (nSPS) is 11.4. The van der Waals surface area contributed by atoms with Crippen LogP contribution in [0.25, 0.3) is 0 Å². The van der Waals surface area contributed by atoms with E-state index in [-0.39, 0.29) is 18.0 Å². The fourth-order valence-electron chi connectivity index (χ4n) is 2.70. The van der Waals surface area contributed by atoms with E-state index in [0.29, 0.717) is 31.3 Å². The van der Waals surface area contributed by atoms with Crippen LogP contribution in [0.5, 0.6) is 11.5 Å². The first-order valence-corrected chi connectivity index (χ1v) is 9.28. The van der Waals surface area contributed by atoms with Crippen molar-refractivity contribution < 1.29 is 23.0 Å². The first-order chi connectivity index (χ1) is 14.1. The summed E-state index contributed by atoms with van der Waals surface area (Å²) in [6, 6.07) is 13.1. The Kier molecular flexibility index (Phi) is 9.17. The molecule has 0 bridgehead atoms. The lowest BCUT2D eigenvalue weighted by Crippen LogP contribution is -2.36. The van der Waals surface area contributed by atoms with E-state index < -0.39 is 6.61 Å². The van der Waals surface area contributed by atoms with Gasteiger partial charge < -0.3 is 24.8 Å². The molecule has 0 aliphatic carbocycles. The Morgan fingerprint density at radius 2 is 1.72 bits per heavy atom. The Labute approximate surface area is 169 Å². The molecule has 0 saturated heterocycles. The molecule has 158 valence electrons. The highest BCUT2D eigenvalue weighted by molar-refractivity contribution is 5.79. The predicted molar refractivity (Wildman–Crippen MR) is 108 cm³/mol. The summed E-state index contributed by atoms with van der Waals surface area (Å²) < 4.78 is 40.9. The number of nitrogens with zero attached hydrogens (tertiary/aromatic N) is 1. The largest absolute Gasteiger partial charge is 0.490 e. The topological polar surface area (TPSA) is 64.1 Å². The van der Waals surface area contributed by atoms with Crippen molar-refractivity contribution in [1.82, 2.24) is 10.6 Å². The zero-order valence-electron chi connectivity index (χ0n) is 16.9. The van der Waals surface area contributed by atoms with E-state index in [1.54, 1.807) is 39.3 Å². The second kappa shape index (κ2) is 11.9. The molecule has 29 heavy (non-hydrogen) atoms. The van der Waals surface area contributed by atoms with Crippen LogP contribution < -0.4 is 20.1 Å². The van der Waals surface area contributed by atoms with Crippen LogP contribution in [-0.2, 0) is 24.4 Å². The molecule has 2 aromatic rings. The van der Waals surface area contributed by atoms with Crippen molar-refractivity contribution in [3.63, 3.8) is 0 Å². The molecule has 2 rings (SSSR count). The van der Waals surface area contributed by atoms with E-state index in [2.05, 4.69) is 20.4 Å². The molecule has 2 N–H and O–H groups in total. The number of halogens is 2. The van der Waals surface area contributed by atoms with Crippen molar-refractivity contribution in [2.45, 2.75) is 33.2 Å². The molecule has 0 radical (unpaired) electrons. The van der Waals surface area contributed by atoms with Crippen LogP contribution in [0, 0.1) is 0 Å². The van der Waals surface area contributed by atoms with Crippen molar-refractivity contribution in [2.75, 3.05) is 20.8 Å². The molecule has 0 unspecified atom stereocenters. The summed E-state index contributed by atoms with van der Waals surface area (Å²) in [4.78, 5) is 4.17. The van der Waals surface area contributed by atoms with Gasteiger partial charge in [0.2, 0.25) is 0 Å². The first-order valence-electron chi connectivity index (χ1n) is 9.28. The van der Waals surface area contributed by atoms with Gasteiger partial charge in [-0.15, -0.1) is 0 Å². The zero-order chi connectivity index (χ0) is 21.1. The lowest BCUT2D eigenvalue weighted by atomic mass is 10.1. The molecule has 0 saturated carbocycles. The van der Waals surface area contributed by atoms with Gasteiger partial charge in [0.1, 0.15) is 0 Å². The number of nitrogens with one attached hydrogen (secondary N) is 2. The molecule has 0 aliphatic rings. The van der Waals surface area contributed by atoms with Gasteiger partial charge in [-0.05, 0) is 24.1 Å². The van der Waals surface area contributed by atoms with E-state index in [1.807, 2.05) is 24.3 Å². The minimum Gasteiger partial charge on any atom is -0.490 e. The number of alkyl halides is 2. The van der Waals surface area contributed by atoms with Crippen LogP contribution >= 0.6 is 0 Å². The second-order valence-electron chi connectivity index (χ2n) is 6.08. The van der Waals surface area contributed by atoms with Crippen LogP contribution in [0.2, 0.25) is 0 Å². The van der Waals surface area contributed by atoms with Gasteiger partial charge >= 0.3 is 6.61 Å². The van der Waals surface area contributed by atoms with Crippen molar-refractivity contribution in [3.05, 3.63) is 59.2 Å². The van der Waals surface area contributed by atoms with Crippen LogP contribution in [0.3, 0.4) is 0 Å². The summed E-state index contributed by atoms with van der Waals surface area (Å²) in [7, 11) is 3.30. The summed E-state index contributed by atoms with van der Waals surface area (Å²) in [5.74, 6) is 0.850. The molecule has 0 aromatic heterocycles. The van der Waals surface area contributed by atoms with Crippen molar-refractivity contribution >= 4 is 5.96 Å². The Morgan fingerprint density at radius 3 is 2.34 bits per heavy atom. The zero-order valence-corrected chi connectivity index (χ0v) is 16.9. The number of methoxy groups -OCH3 is 1. The SMILES string of the molecule is CCOc1cccc(CNC(=NC)NCc2ccc(COC)cc2)c1OC(F)F. The number of guanidine groups is 1. The van der Waals surface area contributed by atoms with Gasteiger partial charge in [-0.25, -0.2) is 0 Å². The molecule has 0 aliphatic heterocycles. The Morgan fingerprint density at radius 1 is 1.03 bits per heavy atom. The number of rotatable bonds is 10. The average molecular weight is 407 g/mol. The molecule has 8 heteroatoms. The van der Waals surface area contributed by atoms with Crippen molar-refractivity contribution in [1.29, 1.82) is 0 Å². The van der Waals surface area contributed by atoms with E-state index in [0.717, 1.165) is 11.1 Å². The lowest BCUT2D eigenvalue weighted by Gasteiger charge is -2.17. The van der Waals surface area contributed by atoms with Gasteiger partial charge in [0.25, 0.3) is 0 Å². The number of hydrogen-bond acceptors (Lipinski definition) is 4. The Balaban J connectivity index is 1.98. The fourth-order valence-corrected chi connectivity index (χ4v) is 2.70. The Bertz CT molecular complexity index is 783. The standard InChI is InChI=1S/C21H27F2N3O3/c1-4-28-18-7-5-6-17(19(18)29-20(22)23)13-26-21(24-2)25-12-15-8-10-16(11-9-15)14-27-3/h5-11,20H,4,12-14H2,1-3H3,(H2,24,25,26). The maximum absolute atomic E-state index is 12.8. The van der Waals surface area contributed by atoms with Gasteiger partial charge in [-0.3, -0.25) is 4.99 Å². The van der Waals surface area contributed by atoms with Gasteiger partial charge in [0, 0.05) is 32.8 Å². The summed E-state index contributed by atoms with van der Waals surface area (Å²) in [6.07, 6.45) is 0. The predicted octanol–water partition coefficient (Wildman–Crippen LogP) is 3.70. The summed E-state index contributed by atoms with van der Waals surface area (Å²) in [5, 5.41) is 6.30. The van der Waals surface area contributed by atoms with Crippen molar-refractivity contribution in [2.24, 2.45) is 4.99 Å². The van der Waals surface area contributed by atoms with E-state index in [1.165, 1.54) is 0 Å². The third-order valence-corrected chi connectivity index (χ3v) is 4.03. The van der Waals surface area contributed by atoms with E-state index in [4.69, 9.17) is 9.47 Å². The molecule has 2 aromatic carbocycles. The molecular weight excluding hydrogens is 380 g/mol. The van der Waals surface area contributed by atoms with Crippen molar-refractivity contribution in [3.8, 4) is 11.5 Å². The third-order valence-electron chi connectivity index (χ3n) is 4.03. The number of benzene rings is 2.